The molecule has 2 nitrogen and oxygen atoms in total. The molecule has 0 aliphatic rings. The summed E-state index contributed by atoms with van der Waals surface area (Å²) in [7, 11) is 0. The second-order valence-corrected chi connectivity index (χ2v) is 3.86. The lowest BCUT2D eigenvalue weighted by molar-refractivity contribution is -0.137. The fourth-order valence-corrected chi connectivity index (χ4v) is 1.91. The SMILES string of the molecule is Nc1ccc(Br)c(C(=O)Cl)c1C(F)(F)F. The summed E-state index contributed by atoms with van der Waals surface area (Å²) in [6, 6.07) is 2.29. The average Bonchev–Trinajstić information content (AvgIpc) is 2.05. The molecule has 1 aromatic rings. The summed E-state index contributed by atoms with van der Waals surface area (Å²) < 4.78 is 37.6. The third-order valence-corrected chi connectivity index (χ3v) is 2.52. The molecule has 0 aromatic heterocycles. The molecule has 0 unspecified atom stereocenters. The van der Waals surface area contributed by atoms with E-state index in [4.69, 9.17) is 17.3 Å². The number of alkyl halides is 3. The highest BCUT2D eigenvalue weighted by Crippen LogP contribution is 2.39. The zero-order valence-corrected chi connectivity index (χ0v) is 9.37. The van der Waals surface area contributed by atoms with Crippen LogP contribution in [0.3, 0.4) is 0 Å². The summed E-state index contributed by atoms with van der Waals surface area (Å²) in [5.41, 5.74) is 2.76. The van der Waals surface area contributed by atoms with Crippen LogP contribution >= 0.6 is 27.5 Å². The Balaban J connectivity index is 3.60. The molecule has 0 saturated carbocycles. The van der Waals surface area contributed by atoms with Crippen molar-refractivity contribution >= 4 is 38.5 Å². The minimum Gasteiger partial charge on any atom is -0.398 e. The van der Waals surface area contributed by atoms with Gasteiger partial charge in [0.25, 0.3) is 5.24 Å². The van der Waals surface area contributed by atoms with Gasteiger partial charge in [0.1, 0.15) is 0 Å². The van der Waals surface area contributed by atoms with Gasteiger partial charge in [-0.15, -0.1) is 0 Å². The lowest BCUT2D eigenvalue weighted by Crippen LogP contribution is -2.14. The molecule has 0 amide bonds. The number of anilines is 1. The van der Waals surface area contributed by atoms with Gasteiger partial charge in [0, 0.05) is 10.2 Å². The molecule has 1 rings (SSSR count). The Morgan fingerprint density at radius 1 is 1.40 bits per heavy atom. The Bertz CT molecular complexity index is 419. The fraction of sp³-hybridized carbons (Fsp3) is 0.125. The number of nitrogen functional groups attached to an aromatic ring is 1. The van der Waals surface area contributed by atoms with Gasteiger partial charge >= 0.3 is 6.18 Å². The van der Waals surface area contributed by atoms with Crippen LogP contribution in [0.2, 0.25) is 0 Å². The summed E-state index contributed by atoms with van der Waals surface area (Å²) in [5.74, 6) is 0. The normalized spacial score (nSPS) is 11.5. The van der Waals surface area contributed by atoms with E-state index in [1.54, 1.807) is 0 Å². The van der Waals surface area contributed by atoms with Crippen molar-refractivity contribution in [2.75, 3.05) is 5.73 Å². The first kappa shape index (κ1) is 12.3. The van der Waals surface area contributed by atoms with Crippen LogP contribution in [0.15, 0.2) is 16.6 Å². The number of nitrogens with two attached hydrogens (primary N) is 1. The molecule has 0 radical (unpaired) electrons. The molecule has 7 heteroatoms. The van der Waals surface area contributed by atoms with E-state index >= 15 is 0 Å². The highest BCUT2D eigenvalue weighted by atomic mass is 79.9. The molecule has 0 aliphatic carbocycles. The second-order valence-electron chi connectivity index (χ2n) is 2.66. The van der Waals surface area contributed by atoms with Crippen molar-refractivity contribution in [2.45, 2.75) is 6.18 Å². The van der Waals surface area contributed by atoms with E-state index in [1.165, 1.54) is 6.07 Å². The maximum Gasteiger partial charge on any atom is 0.419 e. The minimum atomic E-state index is -4.71. The van der Waals surface area contributed by atoms with Crippen LogP contribution in [-0.2, 0) is 6.18 Å². The van der Waals surface area contributed by atoms with Crippen LogP contribution < -0.4 is 5.73 Å². The Morgan fingerprint density at radius 2 is 1.93 bits per heavy atom. The predicted octanol–water partition coefficient (Wildman–Crippen LogP) is 3.43. The summed E-state index contributed by atoms with van der Waals surface area (Å²) >= 11 is 7.88. The van der Waals surface area contributed by atoms with Gasteiger partial charge in [0.2, 0.25) is 0 Å². The molecule has 0 saturated heterocycles. The van der Waals surface area contributed by atoms with Gasteiger partial charge < -0.3 is 5.73 Å². The number of halogens is 5. The van der Waals surface area contributed by atoms with Gasteiger partial charge in [-0.1, -0.05) is 0 Å². The maximum absolute atomic E-state index is 12.5. The summed E-state index contributed by atoms with van der Waals surface area (Å²) in [4.78, 5) is 10.9. The van der Waals surface area contributed by atoms with Crippen molar-refractivity contribution in [1.29, 1.82) is 0 Å². The van der Waals surface area contributed by atoms with E-state index in [-0.39, 0.29) is 4.47 Å². The predicted molar refractivity (Wildman–Crippen MR) is 53.7 cm³/mol. The monoisotopic (exact) mass is 301 g/mol. The van der Waals surface area contributed by atoms with Crippen LogP contribution in [0.25, 0.3) is 0 Å². The van der Waals surface area contributed by atoms with E-state index in [1.807, 2.05) is 0 Å². The van der Waals surface area contributed by atoms with Crippen molar-refractivity contribution in [3.05, 3.63) is 27.7 Å². The van der Waals surface area contributed by atoms with Crippen molar-refractivity contribution in [1.82, 2.24) is 0 Å². The molecular formula is C8H4BrClF3NO. The van der Waals surface area contributed by atoms with Gasteiger partial charge in [-0.2, -0.15) is 13.2 Å². The van der Waals surface area contributed by atoms with Crippen molar-refractivity contribution in [2.24, 2.45) is 0 Å². The van der Waals surface area contributed by atoms with Gasteiger partial charge in [0.15, 0.2) is 0 Å². The second kappa shape index (κ2) is 4.02. The Hall–Kier alpha value is -0.750. The molecule has 0 spiro atoms. The lowest BCUT2D eigenvalue weighted by atomic mass is 10.1. The molecule has 2 N–H and O–H groups in total. The van der Waals surface area contributed by atoms with E-state index in [2.05, 4.69) is 15.9 Å². The molecule has 1 aromatic carbocycles. The quantitative estimate of drug-likeness (QED) is 0.638. The first-order valence-corrected chi connectivity index (χ1v) is 4.77. The molecule has 0 heterocycles. The first-order chi connectivity index (χ1) is 6.75. The Labute approximate surface area is 96.3 Å². The van der Waals surface area contributed by atoms with Crippen LogP contribution in [0.4, 0.5) is 18.9 Å². The van der Waals surface area contributed by atoms with Gasteiger partial charge in [-0.25, -0.2) is 0 Å². The fourth-order valence-electron chi connectivity index (χ4n) is 1.09. The zero-order chi connectivity index (χ0) is 11.8. The number of hydrogen-bond acceptors (Lipinski definition) is 2. The van der Waals surface area contributed by atoms with E-state index < -0.39 is 28.2 Å². The maximum atomic E-state index is 12.5. The van der Waals surface area contributed by atoms with Crippen LogP contribution in [-0.4, -0.2) is 5.24 Å². The smallest absolute Gasteiger partial charge is 0.398 e. The number of carbonyl (C=O) groups is 1. The van der Waals surface area contributed by atoms with Gasteiger partial charge in [0.05, 0.1) is 11.1 Å². The summed E-state index contributed by atoms with van der Waals surface area (Å²) in [6.45, 7) is 0. The Morgan fingerprint density at radius 3 is 2.27 bits per heavy atom. The average molecular weight is 302 g/mol. The van der Waals surface area contributed by atoms with Crippen LogP contribution in [0, 0.1) is 0 Å². The lowest BCUT2D eigenvalue weighted by Gasteiger charge is -2.14. The third kappa shape index (κ3) is 2.43. The first-order valence-electron chi connectivity index (χ1n) is 3.60. The highest BCUT2D eigenvalue weighted by molar-refractivity contribution is 9.10. The summed E-state index contributed by atoms with van der Waals surface area (Å²) in [6.07, 6.45) is -4.71. The largest absolute Gasteiger partial charge is 0.419 e. The molecule has 0 bridgehead atoms. The highest BCUT2D eigenvalue weighted by Gasteiger charge is 2.38. The van der Waals surface area contributed by atoms with Gasteiger partial charge in [-0.05, 0) is 39.7 Å². The van der Waals surface area contributed by atoms with E-state index in [0.29, 0.717) is 0 Å². The van der Waals surface area contributed by atoms with Gasteiger partial charge in [-0.3, -0.25) is 4.79 Å². The summed E-state index contributed by atoms with van der Waals surface area (Å²) in [5, 5.41) is -1.21. The van der Waals surface area contributed by atoms with Crippen molar-refractivity contribution < 1.29 is 18.0 Å². The molecule has 15 heavy (non-hydrogen) atoms. The number of rotatable bonds is 1. The van der Waals surface area contributed by atoms with Crippen LogP contribution in [0.1, 0.15) is 15.9 Å². The van der Waals surface area contributed by atoms with E-state index in [0.717, 1.165) is 6.07 Å². The molecule has 82 valence electrons. The number of hydrogen-bond donors (Lipinski definition) is 1. The topological polar surface area (TPSA) is 43.1 Å². The molecule has 0 atom stereocenters. The zero-order valence-electron chi connectivity index (χ0n) is 7.03. The number of carbonyl (C=O) groups excluding carboxylic acids is 1. The minimum absolute atomic E-state index is 0.0379. The van der Waals surface area contributed by atoms with E-state index in [9.17, 15) is 18.0 Å². The number of benzene rings is 1. The molecular weight excluding hydrogens is 298 g/mol. The molecule has 0 aliphatic heterocycles. The Kier molecular flexibility index (Phi) is 3.30. The van der Waals surface area contributed by atoms with Crippen LogP contribution in [0.5, 0.6) is 0 Å². The van der Waals surface area contributed by atoms with Crippen molar-refractivity contribution in [3.63, 3.8) is 0 Å². The standard InChI is InChI=1S/C8H4BrClF3NO/c9-3-1-2-4(14)6(8(11,12)13)5(3)7(10)15/h1-2H,14H2. The van der Waals surface area contributed by atoms with Crippen molar-refractivity contribution in [3.8, 4) is 0 Å². The third-order valence-electron chi connectivity index (χ3n) is 1.67. The molecule has 0 fully saturated rings.